The van der Waals surface area contributed by atoms with Crippen molar-refractivity contribution in [2.24, 2.45) is 0 Å². The van der Waals surface area contributed by atoms with Crippen LogP contribution in [0.1, 0.15) is 10.5 Å². The maximum absolute atomic E-state index is 13.0. The van der Waals surface area contributed by atoms with Crippen LogP contribution in [0.2, 0.25) is 5.02 Å². The normalized spacial score (nSPS) is 10.4. The zero-order valence-electron chi connectivity index (χ0n) is 9.22. The molecular weight excluding hydrogens is 263 g/mol. The van der Waals surface area contributed by atoms with Gasteiger partial charge in [0.2, 0.25) is 5.69 Å². The van der Waals surface area contributed by atoms with Crippen LogP contribution in [0.5, 0.6) is 0 Å². The molecule has 0 bridgehead atoms. The van der Waals surface area contributed by atoms with Crippen molar-refractivity contribution < 1.29 is 13.9 Å². The summed E-state index contributed by atoms with van der Waals surface area (Å²) in [5, 5.41) is 7.20. The zero-order chi connectivity index (χ0) is 13.3. The van der Waals surface area contributed by atoms with Crippen LogP contribution >= 0.6 is 11.6 Å². The van der Waals surface area contributed by atoms with Crippen LogP contribution in [0.4, 0.5) is 10.2 Å². The lowest BCUT2D eigenvalue weighted by atomic mass is 10.3. The molecule has 0 amide bonds. The minimum atomic E-state index is -0.702. The molecule has 2 rings (SSSR count). The lowest BCUT2D eigenvalue weighted by Gasteiger charge is -2.04. The molecule has 0 aliphatic heterocycles. The highest BCUT2D eigenvalue weighted by Crippen LogP contribution is 2.21. The third-order valence-corrected chi connectivity index (χ3v) is 2.52. The van der Waals surface area contributed by atoms with Gasteiger partial charge in [0.25, 0.3) is 0 Å². The standard InChI is InChI=1S/C10H8ClFN4O2/c1-18-10(17)8-9(13)16(15-14-8)5-2-3-7(12)6(11)4-5/h2-4H,13H2,1H3. The Bertz CT molecular complexity index is 614. The number of nitrogens with zero attached hydrogens (tertiary/aromatic N) is 3. The number of halogens is 2. The number of hydrogen-bond donors (Lipinski definition) is 1. The summed E-state index contributed by atoms with van der Waals surface area (Å²) >= 11 is 5.64. The number of benzene rings is 1. The number of carbonyl (C=O) groups is 1. The number of ether oxygens (including phenoxy) is 1. The zero-order valence-corrected chi connectivity index (χ0v) is 9.98. The van der Waals surface area contributed by atoms with Crippen molar-refractivity contribution in [3.63, 3.8) is 0 Å². The Morgan fingerprint density at radius 1 is 1.56 bits per heavy atom. The van der Waals surface area contributed by atoms with E-state index in [2.05, 4.69) is 15.0 Å². The molecule has 0 saturated heterocycles. The van der Waals surface area contributed by atoms with Gasteiger partial charge < -0.3 is 10.5 Å². The monoisotopic (exact) mass is 270 g/mol. The fraction of sp³-hybridized carbons (Fsp3) is 0.100. The van der Waals surface area contributed by atoms with E-state index in [1.807, 2.05) is 0 Å². The number of nitrogens with two attached hydrogens (primary N) is 1. The molecule has 0 aliphatic rings. The molecule has 94 valence electrons. The van der Waals surface area contributed by atoms with Crippen molar-refractivity contribution in [1.29, 1.82) is 0 Å². The summed E-state index contributed by atoms with van der Waals surface area (Å²) in [6, 6.07) is 3.90. The third kappa shape index (κ3) is 2.00. The van der Waals surface area contributed by atoms with Crippen LogP contribution in [0.3, 0.4) is 0 Å². The number of anilines is 1. The Hall–Kier alpha value is -2.15. The third-order valence-electron chi connectivity index (χ3n) is 2.23. The van der Waals surface area contributed by atoms with Crippen molar-refractivity contribution in [1.82, 2.24) is 15.0 Å². The van der Waals surface area contributed by atoms with Gasteiger partial charge in [0.1, 0.15) is 5.82 Å². The van der Waals surface area contributed by atoms with Gasteiger partial charge in [0.05, 0.1) is 17.8 Å². The molecule has 0 radical (unpaired) electrons. The van der Waals surface area contributed by atoms with E-state index in [0.29, 0.717) is 5.69 Å². The fourth-order valence-corrected chi connectivity index (χ4v) is 1.51. The molecule has 2 aromatic rings. The van der Waals surface area contributed by atoms with Gasteiger partial charge in [-0.1, -0.05) is 16.8 Å². The molecule has 6 nitrogen and oxygen atoms in total. The summed E-state index contributed by atoms with van der Waals surface area (Å²) in [6.07, 6.45) is 0. The van der Waals surface area contributed by atoms with E-state index in [1.54, 1.807) is 0 Å². The van der Waals surface area contributed by atoms with E-state index in [1.165, 1.54) is 19.2 Å². The molecule has 18 heavy (non-hydrogen) atoms. The number of aromatic nitrogens is 3. The van der Waals surface area contributed by atoms with Crippen molar-refractivity contribution in [3.05, 3.63) is 34.7 Å². The van der Waals surface area contributed by atoms with Crippen LogP contribution in [0, 0.1) is 5.82 Å². The fourth-order valence-electron chi connectivity index (χ4n) is 1.34. The minimum Gasteiger partial charge on any atom is -0.464 e. The first-order valence-electron chi connectivity index (χ1n) is 4.79. The lowest BCUT2D eigenvalue weighted by Crippen LogP contribution is -2.07. The quantitative estimate of drug-likeness (QED) is 0.835. The second-order valence-corrected chi connectivity index (χ2v) is 3.73. The summed E-state index contributed by atoms with van der Waals surface area (Å²) in [7, 11) is 1.20. The van der Waals surface area contributed by atoms with Crippen molar-refractivity contribution in [3.8, 4) is 5.69 Å². The SMILES string of the molecule is COC(=O)c1nnn(-c2ccc(F)c(Cl)c2)c1N. The number of nitrogen functional groups attached to an aromatic ring is 1. The maximum Gasteiger partial charge on any atom is 0.362 e. The Labute approximate surface area is 106 Å². The van der Waals surface area contributed by atoms with Crippen molar-refractivity contribution >= 4 is 23.4 Å². The predicted molar refractivity (Wildman–Crippen MR) is 62.1 cm³/mol. The summed E-state index contributed by atoms with van der Waals surface area (Å²) in [5.74, 6) is -1.27. The van der Waals surface area contributed by atoms with Crippen LogP contribution in [-0.2, 0) is 4.74 Å². The number of hydrogen-bond acceptors (Lipinski definition) is 5. The smallest absolute Gasteiger partial charge is 0.362 e. The average molecular weight is 271 g/mol. The first-order chi connectivity index (χ1) is 8.54. The summed E-state index contributed by atoms with van der Waals surface area (Å²) < 4.78 is 18.7. The average Bonchev–Trinajstić information content (AvgIpc) is 2.74. The van der Waals surface area contributed by atoms with E-state index in [0.717, 1.165) is 10.7 Å². The Morgan fingerprint density at radius 3 is 2.89 bits per heavy atom. The van der Waals surface area contributed by atoms with Gasteiger partial charge in [0.15, 0.2) is 5.82 Å². The molecule has 2 N–H and O–H groups in total. The molecule has 0 spiro atoms. The summed E-state index contributed by atoms with van der Waals surface area (Å²) in [4.78, 5) is 11.3. The first-order valence-corrected chi connectivity index (χ1v) is 5.17. The number of carbonyl (C=O) groups excluding carboxylic acids is 1. The van der Waals surface area contributed by atoms with Gasteiger partial charge in [-0.15, -0.1) is 5.10 Å². The molecule has 0 aliphatic carbocycles. The van der Waals surface area contributed by atoms with E-state index in [9.17, 15) is 9.18 Å². The Balaban J connectivity index is 2.48. The second-order valence-electron chi connectivity index (χ2n) is 3.33. The summed E-state index contributed by atoms with van der Waals surface area (Å²) in [6.45, 7) is 0. The minimum absolute atomic E-state index is 0.00970. The molecule has 0 unspecified atom stereocenters. The predicted octanol–water partition coefficient (Wildman–Crippen LogP) is 1.43. The molecule has 8 heteroatoms. The highest BCUT2D eigenvalue weighted by atomic mass is 35.5. The van der Waals surface area contributed by atoms with Crippen LogP contribution in [0.15, 0.2) is 18.2 Å². The molecular formula is C10H8ClFN4O2. The Morgan fingerprint density at radius 2 is 2.28 bits per heavy atom. The molecule has 0 atom stereocenters. The molecule has 1 aromatic carbocycles. The number of methoxy groups -OCH3 is 1. The van der Waals surface area contributed by atoms with Crippen LogP contribution in [-0.4, -0.2) is 28.1 Å². The second kappa shape index (κ2) is 4.61. The van der Waals surface area contributed by atoms with Gasteiger partial charge in [-0.3, -0.25) is 0 Å². The number of esters is 1. The van der Waals surface area contributed by atoms with Gasteiger partial charge in [-0.25, -0.2) is 9.18 Å². The van der Waals surface area contributed by atoms with Crippen molar-refractivity contribution in [2.75, 3.05) is 12.8 Å². The molecule has 1 heterocycles. The molecule has 0 saturated carbocycles. The largest absolute Gasteiger partial charge is 0.464 e. The van der Waals surface area contributed by atoms with Crippen molar-refractivity contribution in [2.45, 2.75) is 0 Å². The van der Waals surface area contributed by atoms with Gasteiger partial charge >= 0.3 is 5.97 Å². The van der Waals surface area contributed by atoms with Crippen LogP contribution < -0.4 is 5.73 Å². The first kappa shape index (κ1) is 12.3. The molecule has 0 fully saturated rings. The highest BCUT2D eigenvalue weighted by molar-refractivity contribution is 6.30. The number of rotatable bonds is 2. The van der Waals surface area contributed by atoms with E-state index in [-0.39, 0.29) is 16.5 Å². The highest BCUT2D eigenvalue weighted by Gasteiger charge is 2.19. The molecule has 1 aromatic heterocycles. The van der Waals surface area contributed by atoms with E-state index < -0.39 is 11.8 Å². The summed E-state index contributed by atoms with van der Waals surface area (Å²) in [5.41, 5.74) is 5.98. The van der Waals surface area contributed by atoms with E-state index in [4.69, 9.17) is 17.3 Å². The van der Waals surface area contributed by atoms with Gasteiger partial charge in [-0.05, 0) is 18.2 Å². The van der Waals surface area contributed by atoms with E-state index >= 15 is 0 Å². The topological polar surface area (TPSA) is 83.0 Å². The van der Waals surface area contributed by atoms with Crippen LogP contribution in [0.25, 0.3) is 5.69 Å². The van der Waals surface area contributed by atoms with Gasteiger partial charge in [0, 0.05) is 0 Å². The van der Waals surface area contributed by atoms with Gasteiger partial charge in [-0.2, -0.15) is 4.68 Å². The maximum atomic E-state index is 13.0. The lowest BCUT2D eigenvalue weighted by molar-refractivity contribution is 0.0595. The Kier molecular flexibility index (Phi) is 3.15.